The third-order valence-electron chi connectivity index (χ3n) is 6.38. The molecule has 33 heavy (non-hydrogen) atoms. The minimum Gasteiger partial charge on any atom is -0.489 e. The maximum Gasteiger partial charge on any atom is 0.336 e. The molecule has 2 aromatic rings. The zero-order chi connectivity index (χ0) is 23.8. The summed E-state index contributed by atoms with van der Waals surface area (Å²) in [5.74, 6) is -0.0661. The van der Waals surface area contributed by atoms with Gasteiger partial charge in [-0.2, -0.15) is 0 Å². The molecule has 1 N–H and O–H groups in total. The number of ketones is 1. The van der Waals surface area contributed by atoms with Crippen LogP contribution >= 0.6 is 0 Å². The Bertz CT molecular complexity index is 1140. The number of carbonyl (C=O) groups excluding carboxylic acids is 2. The van der Waals surface area contributed by atoms with E-state index in [0.29, 0.717) is 24.2 Å². The summed E-state index contributed by atoms with van der Waals surface area (Å²) in [7, 11) is 1.37. The van der Waals surface area contributed by atoms with Crippen molar-refractivity contribution in [1.29, 1.82) is 0 Å². The fraction of sp³-hybridized carbons (Fsp3) is 0.357. The van der Waals surface area contributed by atoms with Crippen LogP contribution in [-0.4, -0.2) is 18.9 Å². The molecule has 5 nitrogen and oxygen atoms in total. The van der Waals surface area contributed by atoms with Crippen molar-refractivity contribution in [3.05, 3.63) is 87.8 Å². The van der Waals surface area contributed by atoms with Gasteiger partial charge in [0.2, 0.25) is 0 Å². The lowest BCUT2D eigenvalue weighted by Gasteiger charge is -2.39. The van der Waals surface area contributed by atoms with Crippen LogP contribution in [0.3, 0.4) is 0 Å². The van der Waals surface area contributed by atoms with Crippen LogP contribution in [0.25, 0.3) is 0 Å². The zero-order valence-corrected chi connectivity index (χ0v) is 20.0. The number of methoxy groups -OCH3 is 1. The van der Waals surface area contributed by atoms with Crippen LogP contribution < -0.4 is 10.1 Å². The van der Waals surface area contributed by atoms with Gasteiger partial charge in [0, 0.05) is 29.3 Å². The number of Topliss-reactive ketones (excluding diaryl/α,β-unsaturated/α-hetero) is 1. The van der Waals surface area contributed by atoms with Gasteiger partial charge in [0.05, 0.1) is 12.7 Å². The monoisotopic (exact) mass is 445 g/mol. The highest BCUT2D eigenvalue weighted by Gasteiger charge is 2.42. The molecule has 1 heterocycles. The number of esters is 1. The lowest BCUT2D eigenvalue weighted by atomic mass is 9.68. The minimum absolute atomic E-state index is 0.0763. The highest BCUT2D eigenvalue weighted by Crippen LogP contribution is 2.46. The summed E-state index contributed by atoms with van der Waals surface area (Å²) in [6, 6.07) is 15.9. The van der Waals surface area contributed by atoms with Gasteiger partial charge in [-0.1, -0.05) is 55.8 Å². The number of nitrogens with one attached hydrogen (secondary N) is 1. The number of rotatable bonds is 5. The van der Waals surface area contributed by atoms with Gasteiger partial charge in [-0.05, 0) is 48.9 Å². The number of allylic oxidation sites excluding steroid dienone is 3. The highest BCUT2D eigenvalue weighted by molar-refractivity contribution is 6.04. The second-order valence-electron chi connectivity index (χ2n) is 9.76. The van der Waals surface area contributed by atoms with Crippen LogP contribution in [-0.2, 0) is 20.9 Å². The van der Waals surface area contributed by atoms with E-state index in [-0.39, 0.29) is 11.2 Å². The maximum atomic E-state index is 13.2. The fourth-order valence-corrected chi connectivity index (χ4v) is 4.76. The smallest absolute Gasteiger partial charge is 0.336 e. The Morgan fingerprint density at radius 3 is 2.33 bits per heavy atom. The molecule has 172 valence electrons. The van der Waals surface area contributed by atoms with Crippen molar-refractivity contribution < 1.29 is 19.1 Å². The van der Waals surface area contributed by atoms with Crippen molar-refractivity contribution in [3.63, 3.8) is 0 Å². The Labute approximate surface area is 195 Å². The van der Waals surface area contributed by atoms with Crippen LogP contribution in [0.5, 0.6) is 5.75 Å². The highest BCUT2D eigenvalue weighted by atomic mass is 16.5. The number of carbonyl (C=O) groups is 2. The molecular weight excluding hydrogens is 414 g/mol. The van der Waals surface area contributed by atoms with Gasteiger partial charge >= 0.3 is 5.97 Å². The van der Waals surface area contributed by atoms with Crippen molar-refractivity contribution in [2.45, 2.75) is 53.1 Å². The average molecular weight is 446 g/mol. The van der Waals surface area contributed by atoms with E-state index in [4.69, 9.17) is 9.47 Å². The molecule has 0 unspecified atom stereocenters. The Morgan fingerprint density at radius 1 is 1.03 bits per heavy atom. The van der Waals surface area contributed by atoms with E-state index in [2.05, 4.69) is 50.4 Å². The molecular formula is C28H31NO4. The lowest BCUT2D eigenvalue weighted by Crippen LogP contribution is -2.38. The molecule has 2 aliphatic rings. The molecule has 5 heteroatoms. The molecule has 0 bridgehead atoms. The van der Waals surface area contributed by atoms with Crippen molar-refractivity contribution in [3.8, 4) is 5.75 Å². The second kappa shape index (κ2) is 8.89. The normalized spacial score (nSPS) is 19.7. The molecule has 4 rings (SSSR count). The summed E-state index contributed by atoms with van der Waals surface area (Å²) >= 11 is 0. The molecule has 0 fully saturated rings. The van der Waals surface area contributed by atoms with Gasteiger partial charge < -0.3 is 14.8 Å². The van der Waals surface area contributed by atoms with Crippen molar-refractivity contribution >= 4 is 11.8 Å². The first-order valence-corrected chi connectivity index (χ1v) is 11.3. The minimum atomic E-state index is -0.455. The summed E-state index contributed by atoms with van der Waals surface area (Å²) in [6.45, 7) is 8.60. The molecule has 1 aliphatic carbocycles. The van der Waals surface area contributed by atoms with Gasteiger partial charge in [-0.3, -0.25) is 4.79 Å². The Morgan fingerprint density at radius 2 is 1.70 bits per heavy atom. The van der Waals surface area contributed by atoms with E-state index in [1.807, 2.05) is 31.2 Å². The van der Waals surface area contributed by atoms with E-state index in [1.54, 1.807) is 0 Å². The largest absolute Gasteiger partial charge is 0.489 e. The van der Waals surface area contributed by atoms with Gasteiger partial charge in [0.15, 0.2) is 5.78 Å². The molecule has 1 atom stereocenters. The topological polar surface area (TPSA) is 64.6 Å². The third kappa shape index (κ3) is 4.72. The molecule has 0 spiro atoms. The van der Waals surface area contributed by atoms with E-state index >= 15 is 0 Å². The van der Waals surface area contributed by atoms with Crippen molar-refractivity contribution in [1.82, 2.24) is 5.32 Å². The predicted molar refractivity (Wildman–Crippen MR) is 128 cm³/mol. The van der Waals surface area contributed by atoms with Crippen LogP contribution in [0.15, 0.2) is 71.1 Å². The average Bonchev–Trinajstić information content (AvgIpc) is 2.77. The fourth-order valence-electron chi connectivity index (χ4n) is 4.76. The number of hydrogen-bond acceptors (Lipinski definition) is 5. The van der Waals surface area contributed by atoms with Crippen molar-refractivity contribution in [2.24, 2.45) is 5.41 Å². The molecule has 0 saturated carbocycles. The zero-order valence-electron chi connectivity index (χ0n) is 20.0. The molecule has 0 saturated heterocycles. The Kier molecular flexibility index (Phi) is 6.15. The Hall–Kier alpha value is -3.34. The van der Waals surface area contributed by atoms with Gasteiger partial charge in [-0.15, -0.1) is 0 Å². The number of dihydropyridines is 1. The maximum absolute atomic E-state index is 13.2. The van der Waals surface area contributed by atoms with Crippen LogP contribution in [0, 0.1) is 12.3 Å². The number of ether oxygens (including phenoxy) is 2. The van der Waals surface area contributed by atoms with Crippen molar-refractivity contribution in [2.75, 3.05) is 7.11 Å². The number of aryl methyl sites for hydroxylation is 1. The Balaban J connectivity index is 1.65. The first kappa shape index (κ1) is 22.8. The molecule has 0 aromatic heterocycles. The summed E-state index contributed by atoms with van der Waals surface area (Å²) in [5.41, 5.74) is 5.86. The summed E-state index contributed by atoms with van der Waals surface area (Å²) in [6.07, 6.45) is 1.21. The van der Waals surface area contributed by atoms with Crippen LogP contribution in [0.1, 0.15) is 56.2 Å². The third-order valence-corrected chi connectivity index (χ3v) is 6.38. The summed E-state index contributed by atoms with van der Waals surface area (Å²) in [5, 5.41) is 3.34. The van der Waals surface area contributed by atoms with Crippen LogP contribution in [0.2, 0.25) is 0 Å². The van der Waals surface area contributed by atoms with Gasteiger partial charge in [0.25, 0.3) is 0 Å². The quantitative estimate of drug-likeness (QED) is 0.629. The summed E-state index contributed by atoms with van der Waals surface area (Å²) < 4.78 is 11.0. The van der Waals surface area contributed by atoms with Gasteiger partial charge in [-0.25, -0.2) is 4.79 Å². The SMILES string of the molecule is COC(=O)C1=C(C)NC2=C(C(=O)CC(C)(C)C2)[C@H]1c1ccc(OCc2ccc(C)cc2)cc1. The molecule has 1 aliphatic heterocycles. The predicted octanol–water partition coefficient (Wildman–Crippen LogP) is 5.35. The van der Waals surface area contributed by atoms with Crippen LogP contribution in [0.4, 0.5) is 0 Å². The van der Waals surface area contributed by atoms with E-state index in [9.17, 15) is 9.59 Å². The molecule has 2 aromatic carbocycles. The number of hydrogen-bond donors (Lipinski definition) is 1. The summed E-state index contributed by atoms with van der Waals surface area (Å²) in [4.78, 5) is 26.0. The first-order valence-electron chi connectivity index (χ1n) is 11.3. The van der Waals surface area contributed by atoms with Gasteiger partial charge in [0.1, 0.15) is 12.4 Å². The second-order valence-corrected chi connectivity index (χ2v) is 9.76. The lowest BCUT2D eigenvalue weighted by molar-refractivity contribution is -0.136. The first-order chi connectivity index (χ1) is 15.7. The van der Waals surface area contributed by atoms with E-state index < -0.39 is 11.9 Å². The molecule has 0 radical (unpaired) electrons. The van der Waals surface area contributed by atoms with E-state index in [0.717, 1.165) is 34.7 Å². The number of benzene rings is 2. The van der Waals surface area contributed by atoms with E-state index in [1.165, 1.54) is 12.7 Å². The molecule has 0 amide bonds. The standard InChI is InChI=1S/C28H31NO4/c1-17-6-8-19(9-7-17)16-33-21-12-10-20(11-13-21)25-24(27(31)32-5)18(2)29-22-14-28(3,4)15-23(30)26(22)25/h6-13,25,29H,14-16H2,1-5H3/t25-/m0/s1.